The van der Waals surface area contributed by atoms with E-state index in [1.54, 1.807) is 30.5 Å². The van der Waals surface area contributed by atoms with E-state index in [0.29, 0.717) is 38.2 Å². The van der Waals surface area contributed by atoms with E-state index in [0.717, 1.165) is 43.3 Å². The normalized spacial score (nSPS) is 14.3. The Morgan fingerprint density at radius 1 is 1.09 bits per heavy atom. The minimum atomic E-state index is -0.424. The molecule has 0 atom stereocenters. The van der Waals surface area contributed by atoms with Gasteiger partial charge in [0.15, 0.2) is 5.65 Å². The van der Waals surface area contributed by atoms with E-state index in [1.165, 1.54) is 12.7 Å². The van der Waals surface area contributed by atoms with Crippen LogP contribution in [0.3, 0.4) is 0 Å². The van der Waals surface area contributed by atoms with Crippen LogP contribution in [0.25, 0.3) is 22.2 Å². The second-order valence-corrected chi connectivity index (χ2v) is 8.93. The number of ether oxygens (including phenoxy) is 1. The number of fused-ring (bicyclic) bond motifs is 1. The summed E-state index contributed by atoms with van der Waals surface area (Å²) in [6.07, 6.45) is 1.63. The molecule has 0 bridgehead atoms. The Kier molecular flexibility index (Phi) is 6.88. The van der Waals surface area contributed by atoms with Gasteiger partial charge in [-0.3, -0.25) is 9.69 Å². The van der Waals surface area contributed by atoms with E-state index in [4.69, 9.17) is 32.8 Å². The standard InChI is InChI=1S/C25H23Cl2N5O3/c1-34-32-23-17(13-19(24(32)33)22-20(26)3-2-4-21(22)27)14-28-25(30-23)29-18-7-5-16(6-8-18)15-31-9-11-35-12-10-31/h2-8,13-14H,9-12,15H2,1H3,(H,28,29,30). The third-order valence-corrected chi connectivity index (χ3v) is 6.47. The third-order valence-electron chi connectivity index (χ3n) is 5.84. The molecule has 1 N–H and O–H groups in total. The summed E-state index contributed by atoms with van der Waals surface area (Å²) in [6, 6.07) is 14.9. The maximum Gasteiger partial charge on any atom is 0.293 e. The molecule has 0 unspecified atom stereocenters. The summed E-state index contributed by atoms with van der Waals surface area (Å²) in [6.45, 7) is 4.32. The molecule has 180 valence electrons. The van der Waals surface area contributed by atoms with Crippen molar-refractivity contribution in [3.63, 3.8) is 0 Å². The molecular formula is C25H23Cl2N5O3. The molecule has 0 radical (unpaired) electrons. The number of rotatable bonds is 6. The Hall–Kier alpha value is -3.17. The maximum absolute atomic E-state index is 13.2. The molecule has 8 nitrogen and oxygen atoms in total. The first-order valence-electron chi connectivity index (χ1n) is 11.1. The highest BCUT2D eigenvalue weighted by atomic mass is 35.5. The molecule has 5 rings (SSSR count). The van der Waals surface area contributed by atoms with Crippen LogP contribution in [-0.2, 0) is 11.3 Å². The number of aromatic nitrogens is 3. The second kappa shape index (κ2) is 10.2. The Labute approximate surface area is 212 Å². The third kappa shape index (κ3) is 4.97. The van der Waals surface area contributed by atoms with E-state index in [9.17, 15) is 4.79 Å². The number of morpholine rings is 1. The van der Waals surface area contributed by atoms with Crippen molar-refractivity contribution >= 4 is 45.9 Å². The summed E-state index contributed by atoms with van der Waals surface area (Å²) < 4.78 is 6.52. The number of pyridine rings is 1. The largest absolute Gasteiger partial charge is 0.412 e. The van der Waals surface area contributed by atoms with Gasteiger partial charge < -0.3 is 14.9 Å². The van der Waals surface area contributed by atoms with Gasteiger partial charge in [-0.1, -0.05) is 41.4 Å². The zero-order valence-corrected chi connectivity index (χ0v) is 20.5. The van der Waals surface area contributed by atoms with Crippen molar-refractivity contribution in [1.82, 2.24) is 19.6 Å². The predicted molar refractivity (Wildman–Crippen MR) is 138 cm³/mol. The molecule has 1 saturated heterocycles. The van der Waals surface area contributed by atoms with E-state index in [1.807, 2.05) is 12.1 Å². The predicted octanol–water partition coefficient (Wildman–Crippen LogP) is 4.40. The van der Waals surface area contributed by atoms with Crippen LogP contribution in [-0.4, -0.2) is 53.0 Å². The van der Waals surface area contributed by atoms with E-state index in [-0.39, 0.29) is 0 Å². The molecule has 2 aromatic carbocycles. The van der Waals surface area contributed by atoms with Gasteiger partial charge in [0.2, 0.25) is 5.95 Å². The van der Waals surface area contributed by atoms with Crippen LogP contribution in [0.15, 0.2) is 59.5 Å². The average molecular weight is 512 g/mol. The van der Waals surface area contributed by atoms with Crippen LogP contribution in [0.2, 0.25) is 10.0 Å². The minimum Gasteiger partial charge on any atom is -0.412 e. The molecule has 0 amide bonds. The van der Waals surface area contributed by atoms with Crippen molar-refractivity contribution in [1.29, 1.82) is 0 Å². The highest BCUT2D eigenvalue weighted by Gasteiger charge is 2.18. The monoisotopic (exact) mass is 511 g/mol. The Balaban J connectivity index is 1.43. The lowest BCUT2D eigenvalue weighted by Crippen LogP contribution is -2.35. The van der Waals surface area contributed by atoms with Crippen molar-refractivity contribution in [2.45, 2.75) is 6.54 Å². The highest BCUT2D eigenvalue weighted by Crippen LogP contribution is 2.33. The van der Waals surface area contributed by atoms with Crippen molar-refractivity contribution < 1.29 is 9.57 Å². The van der Waals surface area contributed by atoms with Gasteiger partial charge in [0, 0.05) is 42.5 Å². The first-order chi connectivity index (χ1) is 17.0. The van der Waals surface area contributed by atoms with E-state index < -0.39 is 5.56 Å². The topological polar surface area (TPSA) is 81.5 Å². The van der Waals surface area contributed by atoms with Crippen molar-refractivity contribution in [2.24, 2.45) is 0 Å². The van der Waals surface area contributed by atoms with Crippen LogP contribution < -0.4 is 15.7 Å². The molecule has 35 heavy (non-hydrogen) atoms. The van der Waals surface area contributed by atoms with Crippen LogP contribution in [0, 0.1) is 0 Å². The fourth-order valence-corrected chi connectivity index (χ4v) is 4.67. The zero-order valence-electron chi connectivity index (χ0n) is 19.0. The molecule has 2 aromatic heterocycles. The molecule has 0 saturated carbocycles. The van der Waals surface area contributed by atoms with E-state index >= 15 is 0 Å². The lowest BCUT2D eigenvalue weighted by molar-refractivity contribution is 0.0342. The molecule has 1 aliphatic heterocycles. The fourth-order valence-electron chi connectivity index (χ4n) is 4.07. The molecule has 4 aromatic rings. The first kappa shape index (κ1) is 23.6. The number of anilines is 2. The van der Waals surface area contributed by atoms with Crippen molar-refractivity contribution in [3.8, 4) is 11.1 Å². The highest BCUT2D eigenvalue weighted by molar-refractivity contribution is 6.39. The fraction of sp³-hybridized carbons (Fsp3) is 0.240. The Bertz CT molecular complexity index is 1400. The summed E-state index contributed by atoms with van der Waals surface area (Å²) in [4.78, 5) is 29.9. The van der Waals surface area contributed by atoms with Crippen LogP contribution >= 0.6 is 23.2 Å². The SMILES string of the molecule is COn1c(=O)c(-c2c(Cl)cccc2Cl)cc2cnc(Nc3ccc(CN4CCOCC4)cc3)nc21. The smallest absolute Gasteiger partial charge is 0.293 e. The molecule has 10 heteroatoms. The van der Waals surface area contributed by atoms with Gasteiger partial charge in [-0.15, -0.1) is 4.73 Å². The number of benzene rings is 2. The summed E-state index contributed by atoms with van der Waals surface area (Å²) in [5.41, 5.74) is 2.69. The van der Waals surface area contributed by atoms with Gasteiger partial charge in [-0.05, 0) is 35.9 Å². The first-order valence-corrected chi connectivity index (χ1v) is 11.9. The number of hydrogen-bond donors (Lipinski definition) is 1. The number of nitrogens with zero attached hydrogens (tertiary/aromatic N) is 4. The van der Waals surface area contributed by atoms with Crippen LogP contribution in [0.5, 0.6) is 0 Å². The average Bonchev–Trinajstić information content (AvgIpc) is 2.86. The van der Waals surface area contributed by atoms with Crippen LogP contribution in [0.1, 0.15) is 5.56 Å². The van der Waals surface area contributed by atoms with Crippen LogP contribution in [0.4, 0.5) is 11.6 Å². The van der Waals surface area contributed by atoms with Gasteiger partial charge in [-0.2, -0.15) is 4.98 Å². The quantitative estimate of drug-likeness (QED) is 0.410. The van der Waals surface area contributed by atoms with E-state index in [2.05, 4.69) is 32.3 Å². The number of hydrogen-bond acceptors (Lipinski definition) is 7. The minimum absolute atomic E-state index is 0.301. The van der Waals surface area contributed by atoms with Gasteiger partial charge >= 0.3 is 0 Å². The van der Waals surface area contributed by atoms with Gasteiger partial charge in [0.1, 0.15) is 7.11 Å². The second-order valence-electron chi connectivity index (χ2n) is 8.12. The number of nitrogens with one attached hydrogen (secondary N) is 1. The molecule has 0 aliphatic carbocycles. The van der Waals surface area contributed by atoms with Gasteiger partial charge in [0.25, 0.3) is 5.56 Å². The van der Waals surface area contributed by atoms with Crippen molar-refractivity contribution in [2.75, 3.05) is 38.7 Å². The zero-order chi connectivity index (χ0) is 24.4. The van der Waals surface area contributed by atoms with Gasteiger partial charge in [-0.25, -0.2) is 4.98 Å². The summed E-state index contributed by atoms with van der Waals surface area (Å²) in [5.74, 6) is 0.340. The molecule has 1 fully saturated rings. The maximum atomic E-state index is 13.2. The molecule has 1 aliphatic rings. The summed E-state index contributed by atoms with van der Waals surface area (Å²) in [5, 5.41) is 4.53. The summed E-state index contributed by atoms with van der Waals surface area (Å²) >= 11 is 12.7. The van der Waals surface area contributed by atoms with Gasteiger partial charge in [0.05, 0.1) is 28.8 Å². The molecular weight excluding hydrogens is 489 g/mol. The summed E-state index contributed by atoms with van der Waals surface area (Å²) in [7, 11) is 1.40. The lowest BCUT2D eigenvalue weighted by Gasteiger charge is -2.26. The molecule has 3 heterocycles. The van der Waals surface area contributed by atoms with Crippen molar-refractivity contribution in [3.05, 3.63) is 80.7 Å². The number of halogens is 2. The lowest BCUT2D eigenvalue weighted by atomic mass is 10.1. The Morgan fingerprint density at radius 3 is 2.49 bits per heavy atom. The molecule has 0 spiro atoms. The Morgan fingerprint density at radius 2 is 1.80 bits per heavy atom.